The fourth-order valence-corrected chi connectivity index (χ4v) is 3.24. The number of carbonyl (C=O) groups is 1. The number of allylic oxidation sites excluding steroid dienone is 2. The van der Waals surface area contributed by atoms with Gasteiger partial charge >= 0.3 is 0 Å². The van der Waals surface area contributed by atoms with Crippen LogP contribution in [0.15, 0.2) is 34.5 Å². The molecule has 1 aromatic heterocycles. The second kappa shape index (κ2) is 5.93. The van der Waals surface area contributed by atoms with Crippen LogP contribution in [-0.2, 0) is 14.8 Å². The second-order valence-electron chi connectivity index (χ2n) is 5.28. The SMILES string of the molecule is CC1=C(C)CC(C(=O)NS(=O)(=O)c2ccc(F)cn2)CC1. The Morgan fingerprint density at radius 2 is 2.05 bits per heavy atom. The van der Waals surface area contributed by atoms with E-state index < -0.39 is 21.7 Å². The molecular weight excluding hydrogens is 295 g/mol. The van der Waals surface area contributed by atoms with E-state index in [0.717, 1.165) is 30.3 Å². The predicted molar refractivity (Wildman–Crippen MR) is 75.2 cm³/mol. The number of aromatic nitrogens is 1. The maximum atomic E-state index is 12.8. The number of pyridine rings is 1. The summed E-state index contributed by atoms with van der Waals surface area (Å²) in [4.78, 5) is 15.6. The highest BCUT2D eigenvalue weighted by Crippen LogP contribution is 2.29. The Labute approximate surface area is 123 Å². The molecule has 114 valence electrons. The number of halogens is 1. The third-order valence-corrected chi connectivity index (χ3v) is 4.99. The van der Waals surface area contributed by atoms with Crippen molar-refractivity contribution in [1.29, 1.82) is 0 Å². The number of nitrogens with one attached hydrogen (secondary N) is 1. The van der Waals surface area contributed by atoms with Crippen molar-refractivity contribution in [2.75, 3.05) is 0 Å². The average Bonchev–Trinajstić information content (AvgIpc) is 2.41. The monoisotopic (exact) mass is 312 g/mol. The molecule has 0 aliphatic heterocycles. The van der Waals surface area contributed by atoms with Gasteiger partial charge in [0.05, 0.1) is 6.20 Å². The quantitative estimate of drug-likeness (QED) is 0.868. The van der Waals surface area contributed by atoms with Crippen molar-refractivity contribution in [2.45, 2.75) is 38.1 Å². The zero-order valence-electron chi connectivity index (χ0n) is 11.9. The highest BCUT2D eigenvalue weighted by Gasteiger charge is 2.27. The molecule has 0 saturated carbocycles. The second-order valence-corrected chi connectivity index (χ2v) is 6.91. The van der Waals surface area contributed by atoms with Gasteiger partial charge in [-0.15, -0.1) is 0 Å². The summed E-state index contributed by atoms with van der Waals surface area (Å²) in [5.74, 6) is -1.53. The molecule has 0 bridgehead atoms. The normalized spacial score (nSPS) is 19.5. The van der Waals surface area contributed by atoms with Crippen LogP contribution in [0.25, 0.3) is 0 Å². The van der Waals surface area contributed by atoms with Crippen LogP contribution < -0.4 is 4.72 Å². The van der Waals surface area contributed by atoms with Crippen LogP contribution in [0.5, 0.6) is 0 Å². The Balaban J connectivity index is 2.10. The maximum Gasteiger partial charge on any atom is 0.281 e. The highest BCUT2D eigenvalue weighted by molar-refractivity contribution is 7.90. The van der Waals surface area contributed by atoms with Gasteiger partial charge < -0.3 is 0 Å². The largest absolute Gasteiger partial charge is 0.281 e. The van der Waals surface area contributed by atoms with E-state index in [0.29, 0.717) is 12.8 Å². The molecule has 0 aromatic carbocycles. The summed E-state index contributed by atoms with van der Waals surface area (Å²) in [7, 11) is -4.05. The first-order chi connectivity index (χ1) is 9.79. The van der Waals surface area contributed by atoms with Crippen LogP contribution >= 0.6 is 0 Å². The van der Waals surface area contributed by atoms with E-state index in [9.17, 15) is 17.6 Å². The molecule has 0 saturated heterocycles. The molecule has 1 amide bonds. The number of nitrogens with zero attached hydrogens (tertiary/aromatic N) is 1. The number of carbonyl (C=O) groups excluding carboxylic acids is 1. The Bertz CT molecular complexity index is 681. The third-order valence-electron chi connectivity index (χ3n) is 3.73. The summed E-state index contributed by atoms with van der Waals surface area (Å²) in [6, 6.07) is 2.02. The zero-order valence-corrected chi connectivity index (χ0v) is 12.7. The Morgan fingerprint density at radius 3 is 2.62 bits per heavy atom. The van der Waals surface area contributed by atoms with Crippen LogP contribution in [-0.4, -0.2) is 19.3 Å². The summed E-state index contributed by atoms with van der Waals surface area (Å²) in [5.41, 5.74) is 2.38. The molecule has 1 aliphatic rings. The fourth-order valence-electron chi connectivity index (χ4n) is 2.26. The van der Waals surface area contributed by atoms with Crippen molar-refractivity contribution >= 4 is 15.9 Å². The van der Waals surface area contributed by atoms with Crippen molar-refractivity contribution in [2.24, 2.45) is 5.92 Å². The van der Waals surface area contributed by atoms with Crippen LogP contribution in [0.4, 0.5) is 4.39 Å². The minimum atomic E-state index is -4.05. The standard InChI is InChI=1S/C14H17FN2O3S/c1-9-3-4-11(7-10(9)2)14(18)17-21(19,20)13-6-5-12(15)8-16-13/h5-6,8,11H,3-4,7H2,1-2H3,(H,17,18). The fraction of sp³-hybridized carbons (Fsp3) is 0.429. The molecule has 2 rings (SSSR count). The van der Waals surface area contributed by atoms with Gasteiger partial charge in [0.2, 0.25) is 5.91 Å². The maximum absolute atomic E-state index is 12.8. The lowest BCUT2D eigenvalue weighted by atomic mass is 9.85. The highest BCUT2D eigenvalue weighted by atomic mass is 32.2. The molecule has 1 N–H and O–H groups in total. The van der Waals surface area contributed by atoms with Crippen molar-refractivity contribution in [3.05, 3.63) is 35.3 Å². The van der Waals surface area contributed by atoms with Crippen LogP contribution in [0.2, 0.25) is 0 Å². The number of hydrogen-bond donors (Lipinski definition) is 1. The van der Waals surface area contributed by atoms with E-state index in [1.165, 1.54) is 5.57 Å². The predicted octanol–water partition coefficient (Wildman–Crippen LogP) is 2.16. The molecule has 1 atom stereocenters. The van der Waals surface area contributed by atoms with E-state index >= 15 is 0 Å². The minimum Gasteiger partial charge on any atom is -0.274 e. The molecule has 7 heteroatoms. The molecule has 1 aromatic rings. The Kier molecular flexibility index (Phi) is 4.41. The van der Waals surface area contributed by atoms with Crippen LogP contribution in [0.1, 0.15) is 33.1 Å². The lowest BCUT2D eigenvalue weighted by molar-refractivity contribution is -0.123. The van der Waals surface area contributed by atoms with Gasteiger partial charge in [0.15, 0.2) is 5.03 Å². The summed E-state index contributed by atoms with van der Waals surface area (Å²) in [5, 5.41) is -0.364. The molecule has 0 fully saturated rings. The molecule has 0 spiro atoms. The first-order valence-corrected chi connectivity index (χ1v) is 8.11. The zero-order chi connectivity index (χ0) is 15.6. The van der Waals surface area contributed by atoms with E-state index in [1.807, 2.05) is 18.6 Å². The van der Waals surface area contributed by atoms with E-state index in [-0.39, 0.29) is 10.9 Å². The van der Waals surface area contributed by atoms with Gasteiger partial charge in [0, 0.05) is 5.92 Å². The van der Waals surface area contributed by atoms with Gasteiger partial charge in [-0.3, -0.25) is 4.79 Å². The van der Waals surface area contributed by atoms with Gasteiger partial charge in [0.1, 0.15) is 5.82 Å². The van der Waals surface area contributed by atoms with Crippen molar-refractivity contribution in [3.8, 4) is 0 Å². The molecular formula is C14H17FN2O3S. The first-order valence-electron chi connectivity index (χ1n) is 6.63. The number of hydrogen-bond acceptors (Lipinski definition) is 4. The van der Waals surface area contributed by atoms with Crippen molar-refractivity contribution in [1.82, 2.24) is 9.71 Å². The lowest BCUT2D eigenvalue weighted by Crippen LogP contribution is -2.37. The Hall–Kier alpha value is -1.76. The van der Waals surface area contributed by atoms with E-state index in [4.69, 9.17) is 0 Å². The van der Waals surface area contributed by atoms with Crippen LogP contribution in [0.3, 0.4) is 0 Å². The molecule has 1 aliphatic carbocycles. The topological polar surface area (TPSA) is 76.1 Å². The molecule has 5 nitrogen and oxygen atoms in total. The average molecular weight is 312 g/mol. The van der Waals surface area contributed by atoms with Gasteiger partial charge in [-0.1, -0.05) is 11.1 Å². The summed E-state index contributed by atoms with van der Waals surface area (Å²) in [6.07, 6.45) is 2.78. The molecule has 21 heavy (non-hydrogen) atoms. The van der Waals surface area contributed by atoms with Gasteiger partial charge in [-0.2, -0.15) is 8.42 Å². The summed E-state index contributed by atoms with van der Waals surface area (Å²) < 4.78 is 38.8. The molecule has 1 heterocycles. The number of rotatable bonds is 3. The summed E-state index contributed by atoms with van der Waals surface area (Å²) in [6.45, 7) is 3.97. The number of amides is 1. The van der Waals surface area contributed by atoms with Crippen molar-refractivity contribution in [3.63, 3.8) is 0 Å². The smallest absolute Gasteiger partial charge is 0.274 e. The van der Waals surface area contributed by atoms with Crippen molar-refractivity contribution < 1.29 is 17.6 Å². The third kappa shape index (κ3) is 3.66. The van der Waals surface area contributed by atoms with Gasteiger partial charge in [-0.25, -0.2) is 14.1 Å². The van der Waals surface area contributed by atoms with Gasteiger partial charge in [0.25, 0.3) is 10.0 Å². The summed E-state index contributed by atoms with van der Waals surface area (Å²) >= 11 is 0. The minimum absolute atomic E-state index is 0.357. The van der Waals surface area contributed by atoms with E-state index in [1.54, 1.807) is 0 Å². The lowest BCUT2D eigenvalue weighted by Gasteiger charge is -2.23. The molecule has 0 radical (unpaired) electrons. The Morgan fingerprint density at radius 1 is 1.33 bits per heavy atom. The van der Waals surface area contributed by atoms with Gasteiger partial charge in [-0.05, 0) is 45.2 Å². The van der Waals surface area contributed by atoms with E-state index in [2.05, 4.69) is 4.98 Å². The number of sulfonamides is 1. The van der Waals surface area contributed by atoms with Crippen LogP contribution in [0, 0.1) is 11.7 Å². The first kappa shape index (κ1) is 15.6. The molecule has 1 unspecified atom stereocenters.